The summed E-state index contributed by atoms with van der Waals surface area (Å²) in [6, 6.07) is 2.43. The van der Waals surface area contributed by atoms with Crippen LogP contribution in [0.3, 0.4) is 0 Å². The van der Waals surface area contributed by atoms with E-state index in [1.54, 1.807) is 0 Å². The highest BCUT2D eigenvalue weighted by atomic mass is 19.2. The number of nitrogens with one attached hydrogen (secondary N) is 2. The van der Waals surface area contributed by atoms with Crippen LogP contribution in [-0.4, -0.2) is 16.0 Å². The molecule has 0 aliphatic rings. The monoisotopic (exact) mass is 250 g/mol. The molecule has 0 radical (unpaired) electrons. The Morgan fingerprint density at radius 1 is 1.11 bits per heavy atom. The summed E-state index contributed by atoms with van der Waals surface area (Å²) in [7, 11) is 0. The van der Waals surface area contributed by atoms with E-state index in [1.807, 2.05) is 0 Å². The Bertz CT molecular complexity index is 562. The molecule has 0 aliphatic heterocycles. The summed E-state index contributed by atoms with van der Waals surface area (Å²) in [5.41, 5.74) is 0.135. The smallest absolute Gasteiger partial charge is 0.308 e. The molecule has 7 heteroatoms. The SMILES string of the molecule is O=C(Nc1ccc(F)c(F)c1)Nc1cnccn1. The van der Waals surface area contributed by atoms with Gasteiger partial charge in [-0.2, -0.15) is 0 Å². The summed E-state index contributed by atoms with van der Waals surface area (Å²) >= 11 is 0. The highest BCUT2D eigenvalue weighted by molar-refractivity contribution is 5.98. The number of halogens is 2. The fraction of sp³-hybridized carbons (Fsp3) is 0. The third kappa shape index (κ3) is 2.97. The van der Waals surface area contributed by atoms with E-state index in [0.717, 1.165) is 12.1 Å². The third-order valence-electron chi connectivity index (χ3n) is 1.98. The van der Waals surface area contributed by atoms with Crippen LogP contribution in [0.5, 0.6) is 0 Å². The predicted octanol–water partition coefficient (Wildman–Crippen LogP) is 2.40. The molecule has 1 aromatic carbocycles. The van der Waals surface area contributed by atoms with Crippen LogP contribution in [0.25, 0.3) is 0 Å². The average molecular weight is 250 g/mol. The van der Waals surface area contributed by atoms with Gasteiger partial charge >= 0.3 is 6.03 Å². The highest BCUT2D eigenvalue weighted by Gasteiger charge is 2.06. The summed E-state index contributed by atoms with van der Waals surface area (Å²) in [5, 5.41) is 4.72. The number of carbonyl (C=O) groups excluding carboxylic acids is 1. The van der Waals surface area contributed by atoms with Gasteiger partial charge in [0.15, 0.2) is 17.5 Å². The third-order valence-corrected chi connectivity index (χ3v) is 1.98. The Morgan fingerprint density at radius 2 is 1.94 bits per heavy atom. The quantitative estimate of drug-likeness (QED) is 0.860. The van der Waals surface area contributed by atoms with Gasteiger partial charge in [-0.05, 0) is 12.1 Å². The number of hydrogen-bond donors (Lipinski definition) is 2. The maximum Gasteiger partial charge on any atom is 0.324 e. The number of anilines is 2. The highest BCUT2D eigenvalue weighted by Crippen LogP contribution is 2.13. The van der Waals surface area contributed by atoms with Gasteiger partial charge < -0.3 is 5.32 Å². The zero-order valence-corrected chi connectivity index (χ0v) is 9.02. The Kier molecular flexibility index (Phi) is 3.42. The van der Waals surface area contributed by atoms with Crippen LogP contribution in [0.1, 0.15) is 0 Å². The Hall–Kier alpha value is -2.57. The number of hydrogen-bond acceptors (Lipinski definition) is 3. The summed E-state index contributed by atoms with van der Waals surface area (Å²) in [6.45, 7) is 0. The topological polar surface area (TPSA) is 66.9 Å². The van der Waals surface area contributed by atoms with Crippen molar-refractivity contribution in [1.29, 1.82) is 0 Å². The van der Waals surface area contributed by atoms with Crippen LogP contribution in [0, 0.1) is 11.6 Å². The van der Waals surface area contributed by atoms with Crippen LogP contribution < -0.4 is 10.6 Å². The number of carbonyl (C=O) groups is 1. The van der Waals surface area contributed by atoms with Gasteiger partial charge in [0.1, 0.15) is 0 Å². The largest absolute Gasteiger partial charge is 0.324 e. The van der Waals surface area contributed by atoms with E-state index in [1.165, 1.54) is 24.7 Å². The van der Waals surface area contributed by atoms with E-state index in [-0.39, 0.29) is 11.5 Å². The molecule has 0 saturated carbocycles. The Labute approximate surface area is 101 Å². The van der Waals surface area contributed by atoms with Gasteiger partial charge in [0, 0.05) is 24.1 Å². The van der Waals surface area contributed by atoms with Crippen molar-refractivity contribution in [3.8, 4) is 0 Å². The maximum absolute atomic E-state index is 12.9. The fourth-order valence-electron chi connectivity index (χ4n) is 1.22. The molecule has 0 fully saturated rings. The fourth-order valence-corrected chi connectivity index (χ4v) is 1.22. The molecular formula is C11H8F2N4O. The molecule has 2 rings (SSSR count). The zero-order valence-electron chi connectivity index (χ0n) is 9.02. The minimum Gasteiger partial charge on any atom is -0.308 e. The van der Waals surface area contributed by atoms with Gasteiger partial charge in [0.25, 0.3) is 0 Å². The van der Waals surface area contributed by atoms with Crippen LogP contribution in [0.15, 0.2) is 36.8 Å². The van der Waals surface area contributed by atoms with Crippen LogP contribution in [0.4, 0.5) is 25.1 Å². The molecule has 0 aliphatic carbocycles. The van der Waals surface area contributed by atoms with Crippen molar-refractivity contribution >= 4 is 17.5 Å². The molecule has 0 bridgehead atoms. The second-order valence-electron chi connectivity index (χ2n) is 3.30. The van der Waals surface area contributed by atoms with E-state index in [4.69, 9.17) is 0 Å². The van der Waals surface area contributed by atoms with E-state index >= 15 is 0 Å². The Balaban J connectivity index is 2.01. The molecule has 1 aromatic heterocycles. The molecule has 2 amide bonds. The van der Waals surface area contributed by atoms with Gasteiger partial charge in [0.05, 0.1) is 6.20 Å². The average Bonchev–Trinajstić information content (AvgIpc) is 2.35. The standard InChI is InChI=1S/C11H8F2N4O/c12-8-2-1-7(5-9(8)13)16-11(18)17-10-6-14-3-4-15-10/h1-6H,(H2,15,16,17,18). The van der Waals surface area contributed by atoms with E-state index in [2.05, 4.69) is 20.6 Å². The Morgan fingerprint density at radius 3 is 2.61 bits per heavy atom. The molecule has 0 unspecified atom stereocenters. The van der Waals surface area contributed by atoms with Gasteiger partial charge in [-0.1, -0.05) is 0 Å². The van der Waals surface area contributed by atoms with Gasteiger partial charge in [0.2, 0.25) is 0 Å². The van der Waals surface area contributed by atoms with Crippen LogP contribution in [0.2, 0.25) is 0 Å². The lowest BCUT2D eigenvalue weighted by Gasteiger charge is -2.06. The molecule has 0 atom stereocenters. The maximum atomic E-state index is 12.9. The molecule has 0 saturated heterocycles. The van der Waals surface area contributed by atoms with Crippen molar-refractivity contribution in [3.05, 3.63) is 48.4 Å². The van der Waals surface area contributed by atoms with Crippen molar-refractivity contribution in [2.45, 2.75) is 0 Å². The van der Waals surface area contributed by atoms with E-state index in [9.17, 15) is 13.6 Å². The molecular weight excluding hydrogens is 242 g/mol. The van der Waals surface area contributed by atoms with E-state index < -0.39 is 17.7 Å². The number of benzene rings is 1. The van der Waals surface area contributed by atoms with Crippen LogP contribution in [-0.2, 0) is 0 Å². The lowest BCUT2D eigenvalue weighted by Crippen LogP contribution is -2.20. The molecule has 2 aromatic rings. The van der Waals surface area contributed by atoms with Crippen molar-refractivity contribution in [3.63, 3.8) is 0 Å². The first-order valence-electron chi connectivity index (χ1n) is 4.94. The first-order chi connectivity index (χ1) is 8.65. The molecule has 2 N–H and O–H groups in total. The summed E-state index contributed by atoms with van der Waals surface area (Å²) in [5.74, 6) is -1.76. The minimum absolute atomic E-state index is 0.135. The number of urea groups is 1. The van der Waals surface area contributed by atoms with Gasteiger partial charge in [-0.25, -0.2) is 18.6 Å². The van der Waals surface area contributed by atoms with Crippen LogP contribution >= 0.6 is 0 Å². The molecule has 5 nitrogen and oxygen atoms in total. The van der Waals surface area contributed by atoms with E-state index in [0.29, 0.717) is 0 Å². The summed E-state index contributed by atoms with van der Waals surface area (Å²) < 4.78 is 25.5. The normalized spacial score (nSPS) is 9.89. The first kappa shape index (κ1) is 11.9. The zero-order chi connectivity index (χ0) is 13.0. The number of aromatic nitrogens is 2. The summed E-state index contributed by atoms with van der Waals surface area (Å²) in [4.78, 5) is 19.1. The van der Waals surface area contributed by atoms with Crippen molar-refractivity contribution < 1.29 is 13.6 Å². The lowest BCUT2D eigenvalue weighted by atomic mass is 10.3. The number of rotatable bonds is 2. The molecule has 92 valence electrons. The minimum atomic E-state index is -1.03. The van der Waals surface area contributed by atoms with Gasteiger partial charge in [-0.15, -0.1) is 0 Å². The lowest BCUT2D eigenvalue weighted by molar-refractivity contribution is 0.262. The number of amides is 2. The molecule has 0 spiro atoms. The second-order valence-corrected chi connectivity index (χ2v) is 3.30. The first-order valence-corrected chi connectivity index (χ1v) is 4.94. The van der Waals surface area contributed by atoms with Crippen molar-refractivity contribution in [2.75, 3.05) is 10.6 Å². The molecule has 1 heterocycles. The summed E-state index contributed by atoms with van der Waals surface area (Å²) in [6.07, 6.45) is 4.22. The predicted molar refractivity (Wildman–Crippen MR) is 61.0 cm³/mol. The van der Waals surface area contributed by atoms with Crippen molar-refractivity contribution in [2.24, 2.45) is 0 Å². The number of nitrogens with zero attached hydrogens (tertiary/aromatic N) is 2. The van der Waals surface area contributed by atoms with Crippen molar-refractivity contribution in [1.82, 2.24) is 9.97 Å². The molecule has 18 heavy (non-hydrogen) atoms. The van der Waals surface area contributed by atoms with Gasteiger partial charge in [-0.3, -0.25) is 10.3 Å². The second kappa shape index (κ2) is 5.17.